The van der Waals surface area contributed by atoms with Crippen LogP contribution in [-0.4, -0.2) is 96.4 Å². The number of hydrogen-bond donors (Lipinski definition) is 8. The maximum atomic E-state index is 12.7. The summed E-state index contributed by atoms with van der Waals surface area (Å²) in [4.78, 5) is 109. The molecule has 376 valence electrons. The highest BCUT2D eigenvalue weighted by atomic mass is 32.1. The number of phenols is 1. The molecule has 1 aliphatic heterocycles. The van der Waals surface area contributed by atoms with E-state index in [1.54, 1.807) is 30.3 Å². The number of fused-ring (bicyclic) bond motifs is 2. The number of phenolic OH excluding ortho intramolecular Hbond substituents is 1. The van der Waals surface area contributed by atoms with Crippen molar-refractivity contribution in [3.05, 3.63) is 75.9 Å². The maximum Gasteiger partial charge on any atom is 0.336 e. The molecule has 18 nitrogen and oxygen atoms in total. The molecule has 0 spiro atoms. The first-order chi connectivity index (χ1) is 33.3. The minimum Gasteiger partial charge on any atom is -0.508 e. The molecule has 1 heterocycles. The van der Waals surface area contributed by atoms with E-state index in [2.05, 4.69) is 16.0 Å². The monoisotopic (exact) mass is 987 g/mol. The van der Waals surface area contributed by atoms with Gasteiger partial charge in [-0.3, -0.25) is 28.8 Å². The zero-order chi connectivity index (χ0) is 51.3. The van der Waals surface area contributed by atoms with Crippen molar-refractivity contribution in [1.29, 1.82) is 0 Å². The molecule has 3 atom stereocenters. The van der Waals surface area contributed by atoms with Gasteiger partial charge in [-0.25, -0.2) is 14.4 Å². The molecule has 2 aliphatic rings. The third-order valence-electron chi connectivity index (χ3n) is 11.9. The molecule has 19 heteroatoms. The van der Waals surface area contributed by atoms with Crippen LogP contribution in [-0.2, 0) is 35.2 Å². The van der Waals surface area contributed by atoms with Gasteiger partial charge in [0.05, 0.1) is 17.5 Å². The Kier molecular flexibility index (Phi) is 22.1. The third kappa shape index (κ3) is 18.1. The van der Waals surface area contributed by atoms with Crippen molar-refractivity contribution in [2.75, 3.05) is 6.54 Å². The van der Waals surface area contributed by atoms with E-state index in [0.717, 1.165) is 0 Å². The number of aliphatic carboxylic acids is 3. The highest BCUT2D eigenvalue weighted by Crippen LogP contribution is 2.42. The zero-order valence-electron chi connectivity index (χ0n) is 39.1. The Labute approximate surface area is 409 Å². The van der Waals surface area contributed by atoms with Gasteiger partial charge in [0.1, 0.15) is 28.9 Å². The van der Waals surface area contributed by atoms with Crippen LogP contribution in [0.4, 0.5) is 4.79 Å². The van der Waals surface area contributed by atoms with Gasteiger partial charge >= 0.3 is 29.9 Å². The molecule has 0 fully saturated rings. The predicted octanol–water partition coefficient (Wildman–Crippen LogP) is 7.69. The quantitative estimate of drug-likeness (QED) is 0.0132. The van der Waals surface area contributed by atoms with Crippen LogP contribution >= 0.6 is 12.2 Å². The number of carboxylic acids is 4. The van der Waals surface area contributed by atoms with Crippen LogP contribution in [0.2, 0.25) is 0 Å². The summed E-state index contributed by atoms with van der Waals surface area (Å²) in [7, 11) is 0. The Morgan fingerprint density at radius 1 is 0.671 bits per heavy atom. The number of benzene rings is 3. The largest absolute Gasteiger partial charge is 0.508 e. The average Bonchev–Trinajstić information content (AvgIpc) is 3.29. The lowest BCUT2D eigenvalue weighted by molar-refractivity contribution is -0.144. The SMILES string of the molecule is CC(=O)[C@H](CCC(=O)O)NC(=O)N[C@@H](CCCCNC(=O)CCCCCCC(=O)CC(CCCCCC(=S)Cc1ccc(-c2c3ccc(=O)cc-3oc3cc(O)ccc23)c(C(=O)O)c1)C(=O)O)C(=O)O. The Balaban J connectivity index is 1.10. The molecule has 0 saturated carbocycles. The summed E-state index contributed by atoms with van der Waals surface area (Å²) in [6, 6.07) is 10.7. The lowest BCUT2D eigenvalue weighted by atomic mass is 9.89. The van der Waals surface area contributed by atoms with E-state index in [4.69, 9.17) is 21.7 Å². The Hall–Kier alpha value is -7.02. The number of unbranched alkanes of at least 4 members (excludes halogenated alkanes) is 6. The fourth-order valence-corrected chi connectivity index (χ4v) is 8.46. The van der Waals surface area contributed by atoms with Gasteiger partial charge in [-0.15, -0.1) is 0 Å². The first kappa shape index (κ1) is 55.6. The van der Waals surface area contributed by atoms with Crippen LogP contribution in [0, 0.1) is 5.92 Å². The summed E-state index contributed by atoms with van der Waals surface area (Å²) in [5, 5.41) is 56.4. The summed E-state index contributed by atoms with van der Waals surface area (Å²) < 4.78 is 5.91. The van der Waals surface area contributed by atoms with Gasteiger partial charge in [-0.1, -0.05) is 50.0 Å². The second kappa shape index (κ2) is 27.8. The minimum atomic E-state index is -1.28. The van der Waals surface area contributed by atoms with E-state index < -0.39 is 53.7 Å². The number of rotatable bonds is 32. The molecule has 3 amide bonds. The second-order valence-electron chi connectivity index (χ2n) is 17.5. The molecule has 2 aromatic carbocycles. The molecular weight excluding hydrogens is 927 g/mol. The van der Waals surface area contributed by atoms with E-state index in [1.165, 1.54) is 31.2 Å². The third-order valence-corrected chi connectivity index (χ3v) is 12.2. The summed E-state index contributed by atoms with van der Waals surface area (Å²) in [6.45, 7) is 1.49. The zero-order valence-corrected chi connectivity index (χ0v) is 39.9. The van der Waals surface area contributed by atoms with Crippen LogP contribution in [0.5, 0.6) is 5.75 Å². The number of carbonyl (C=O) groups is 8. The van der Waals surface area contributed by atoms with Crippen LogP contribution in [0.15, 0.2) is 63.8 Å². The first-order valence-electron chi connectivity index (χ1n) is 23.4. The average molecular weight is 988 g/mol. The fraction of sp³-hybridized carbons (Fsp3) is 0.451. The van der Waals surface area contributed by atoms with Crippen molar-refractivity contribution in [1.82, 2.24) is 16.0 Å². The smallest absolute Gasteiger partial charge is 0.336 e. The number of aromatic hydroxyl groups is 1. The van der Waals surface area contributed by atoms with Crippen LogP contribution < -0.4 is 21.4 Å². The first-order valence-corrected chi connectivity index (χ1v) is 23.8. The minimum absolute atomic E-state index is 0.0320. The highest BCUT2D eigenvalue weighted by molar-refractivity contribution is 7.80. The number of hydrogen-bond acceptors (Lipinski definition) is 12. The molecule has 1 aliphatic carbocycles. The summed E-state index contributed by atoms with van der Waals surface area (Å²) >= 11 is 5.66. The molecule has 0 saturated heterocycles. The van der Waals surface area contributed by atoms with Crippen LogP contribution in [0.25, 0.3) is 33.4 Å². The van der Waals surface area contributed by atoms with Crippen molar-refractivity contribution in [2.45, 2.75) is 135 Å². The Morgan fingerprint density at radius 2 is 1.34 bits per heavy atom. The highest BCUT2D eigenvalue weighted by Gasteiger charge is 2.25. The number of amides is 3. The molecule has 2 aromatic rings. The van der Waals surface area contributed by atoms with Crippen molar-refractivity contribution in [2.24, 2.45) is 5.92 Å². The molecular formula is C51H61N3O15S. The number of carboxylic acid groups (broad SMARTS) is 4. The lowest BCUT2D eigenvalue weighted by Crippen LogP contribution is -2.50. The number of thiocarbonyl (C=S) groups is 1. The number of aromatic carboxylic acids is 1. The number of ketones is 2. The number of nitrogens with one attached hydrogen (secondary N) is 3. The Morgan fingerprint density at radius 3 is 2.03 bits per heavy atom. The molecule has 1 unspecified atom stereocenters. The number of carbonyl (C=O) groups excluding carboxylic acids is 4. The normalized spacial score (nSPS) is 12.4. The van der Waals surface area contributed by atoms with Gasteiger partial charge in [0.2, 0.25) is 5.91 Å². The van der Waals surface area contributed by atoms with Gasteiger partial charge in [-0.05, 0) is 111 Å². The van der Waals surface area contributed by atoms with Gasteiger partial charge in [-0.2, -0.15) is 0 Å². The second-order valence-corrected chi connectivity index (χ2v) is 18.0. The number of Topliss-reactive ketones (excluding diaryl/α,β-unsaturated/α-hetero) is 2. The van der Waals surface area contributed by atoms with E-state index >= 15 is 0 Å². The van der Waals surface area contributed by atoms with Crippen LogP contribution in [0.3, 0.4) is 0 Å². The Bertz CT molecular complexity index is 2570. The number of urea groups is 1. The molecule has 70 heavy (non-hydrogen) atoms. The molecule has 0 aromatic heterocycles. The summed E-state index contributed by atoms with van der Waals surface area (Å²) in [5.74, 6) is -5.98. The molecule has 0 radical (unpaired) electrons. The van der Waals surface area contributed by atoms with Crippen molar-refractivity contribution in [3.8, 4) is 28.2 Å². The molecule has 4 rings (SSSR count). The topological polar surface area (TPSA) is 304 Å². The van der Waals surface area contributed by atoms with Crippen LogP contribution in [0.1, 0.15) is 132 Å². The fourth-order valence-electron chi connectivity index (χ4n) is 8.15. The van der Waals surface area contributed by atoms with E-state index in [9.17, 15) is 63.6 Å². The molecule has 0 bridgehead atoms. The standard InChI is InChI=1S/C51H61N3O15S/c1-30(55)41(22-23-46(60)61)53-51(68)54-42(50(66)67)14-9-10-24-52-45(59)15-8-3-2-6-12-33(56)27-32(48(62)63)11-5-4-7-13-36(70)25-31-16-19-37(40(26-31)49(64)65)47-38-20-17-34(57)28-43(38)69-44-29-35(58)18-21-39(44)47/h16-21,26,28-29,32,41-42,57H,2-15,22-25,27H2,1H3,(H,52,59)(H,60,61)(H,62,63)(H,64,65)(H,66,67)(H2,53,54,68)/t32?,41-,42-/m0/s1. The summed E-state index contributed by atoms with van der Waals surface area (Å²) in [5.41, 5.74) is 2.22. The van der Waals surface area contributed by atoms with Gasteiger partial charge < -0.3 is 45.9 Å². The van der Waals surface area contributed by atoms with E-state index in [0.29, 0.717) is 116 Å². The van der Waals surface area contributed by atoms with Gasteiger partial charge in [0.15, 0.2) is 11.2 Å². The lowest BCUT2D eigenvalue weighted by Gasteiger charge is -2.19. The summed E-state index contributed by atoms with van der Waals surface area (Å²) in [6.07, 6.45) is 6.62. The van der Waals surface area contributed by atoms with Crippen molar-refractivity contribution in [3.63, 3.8) is 0 Å². The molecule has 8 N–H and O–H groups in total. The van der Waals surface area contributed by atoms with E-state index in [-0.39, 0.29) is 78.3 Å². The van der Waals surface area contributed by atoms with Crippen molar-refractivity contribution >= 4 is 75.4 Å². The maximum absolute atomic E-state index is 12.7. The van der Waals surface area contributed by atoms with Gasteiger partial charge in [0, 0.05) is 67.3 Å². The van der Waals surface area contributed by atoms with Gasteiger partial charge in [0.25, 0.3) is 0 Å². The van der Waals surface area contributed by atoms with Crippen molar-refractivity contribution < 1.29 is 68.3 Å². The van der Waals surface area contributed by atoms with E-state index in [1.807, 2.05) is 0 Å². The predicted molar refractivity (Wildman–Crippen MR) is 262 cm³/mol.